The lowest BCUT2D eigenvalue weighted by atomic mass is 9.99. The second kappa shape index (κ2) is 10.4. The number of hydrogen-bond acceptors (Lipinski definition) is 3. The minimum atomic E-state index is -3.83. The molecule has 5 heteroatoms. The van der Waals surface area contributed by atoms with Gasteiger partial charge in [0.1, 0.15) is 6.10 Å². The summed E-state index contributed by atoms with van der Waals surface area (Å²) >= 11 is 3.46. The molecule has 3 aromatic rings. The van der Waals surface area contributed by atoms with Crippen LogP contribution in [0.5, 0.6) is 0 Å². The van der Waals surface area contributed by atoms with E-state index in [1.165, 1.54) is 0 Å². The second-order valence-electron chi connectivity index (χ2n) is 7.48. The fourth-order valence-electron chi connectivity index (χ4n) is 3.30. The first-order chi connectivity index (χ1) is 14.4. The van der Waals surface area contributed by atoms with Crippen LogP contribution in [0.25, 0.3) is 11.1 Å². The summed E-state index contributed by atoms with van der Waals surface area (Å²) in [4.78, 5) is 0.195. The number of rotatable bonds is 9. The summed E-state index contributed by atoms with van der Waals surface area (Å²) in [5.41, 5.74) is 4.08. The zero-order valence-corrected chi connectivity index (χ0v) is 19.7. The number of aryl methyl sites for hydroxylation is 1. The highest BCUT2D eigenvalue weighted by molar-refractivity contribution is 9.10. The molecule has 0 aliphatic rings. The van der Waals surface area contributed by atoms with E-state index in [-0.39, 0.29) is 4.90 Å². The van der Waals surface area contributed by atoms with Gasteiger partial charge in [-0.25, -0.2) is 0 Å². The van der Waals surface area contributed by atoms with Gasteiger partial charge < -0.3 is 0 Å². The highest BCUT2D eigenvalue weighted by atomic mass is 79.9. The molecular formula is C25H27BrO3S. The first-order valence-corrected chi connectivity index (χ1v) is 12.4. The van der Waals surface area contributed by atoms with Crippen LogP contribution in [-0.2, 0) is 14.3 Å². The van der Waals surface area contributed by atoms with Crippen molar-refractivity contribution in [1.29, 1.82) is 0 Å². The zero-order valence-electron chi connectivity index (χ0n) is 17.3. The highest BCUT2D eigenvalue weighted by Crippen LogP contribution is 2.31. The van der Waals surface area contributed by atoms with Crippen LogP contribution in [0.3, 0.4) is 0 Å². The maximum Gasteiger partial charge on any atom is 0.297 e. The Morgan fingerprint density at radius 3 is 1.97 bits per heavy atom. The van der Waals surface area contributed by atoms with Crippen LogP contribution < -0.4 is 0 Å². The van der Waals surface area contributed by atoms with Crippen molar-refractivity contribution in [3.8, 4) is 11.1 Å². The quantitative estimate of drug-likeness (QED) is 0.233. The van der Waals surface area contributed by atoms with Crippen molar-refractivity contribution in [3.05, 3.63) is 88.4 Å². The van der Waals surface area contributed by atoms with Crippen LogP contribution in [0.15, 0.2) is 82.2 Å². The van der Waals surface area contributed by atoms with Gasteiger partial charge in [-0.15, -0.1) is 0 Å². The van der Waals surface area contributed by atoms with Crippen LogP contribution in [0, 0.1) is 6.92 Å². The lowest BCUT2D eigenvalue weighted by molar-refractivity contribution is 0.198. The van der Waals surface area contributed by atoms with Crippen molar-refractivity contribution in [2.24, 2.45) is 0 Å². The Morgan fingerprint density at radius 1 is 0.833 bits per heavy atom. The molecule has 3 aromatic carbocycles. The molecule has 0 aliphatic carbocycles. The van der Waals surface area contributed by atoms with Crippen LogP contribution in [-0.4, -0.2) is 8.42 Å². The first kappa shape index (κ1) is 22.7. The van der Waals surface area contributed by atoms with Gasteiger partial charge in [-0.05, 0) is 54.3 Å². The molecule has 1 atom stereocenters. The third-order valence-corrected chi connectivity index (χ3v) is 6.95. The lowest BCUT2D eigenvalue weighted by Gasteiger charge is -2.19. The SMILES string of the molecule is CCCCCC(OS(=O)(=O)c1ccc(C)cc1)c1ccc(-c2ccc(Br)cc2)cc1. The number of hydrogen-bond donors (Lipinski definition) is 0. The fourth-order valence-corrected chi connectivity index (χ4v) is 4.65. The largest absolute Gasteiger partial charge is 0.297 e. The molecule has 0 fully saturated rings. The molecule has 30 heavy (non-hydrogen) atoms. The van der Waals surface area contributed by atoms with Gasteiger partial charge in [0.25, 0.3) is 10.1 Å². The summed E-state index contributed by atoms with van der Waals surface area (Å²) in [6.45, 7) is 4.06. The maximum atomic E-state index is 12.9. The molecule has 0 bridgehead atoms. The fraction of sp³-hybridized carbons (Fsp3) is 0.280. The standard InChI is InChI=1S/C25H27BrO3S/c1-3-4-5-6-25(29-30(27,28)24-17-7-19(2)8-18-24)22-11-9-20(10-12-22)21-13-15-23(26)16-14-21/h7-18,25H,3-6H2,1-2H3. The van der Waals surface area contributed by atoms with Crippen molar-refractivity contribution < 1.29 is 12.6 Å². The van der Waals surface area contributed by atoms with E-state index in [0.717, 1.165) is 46.0 Å². The maximum absolute atomic E-state index is 12.9. The van der Waals surface area contributed by atoms with Gasteiger partial charge in [0.2, 0.25) is 0 Å². The molecule has 3 nitrogen and oxygen atoms in total. The predicted molar refractivity (Wildman–Crippen MR) is 126 cm³/mol. The summed E-state index contributed by atoms with van der Waals surface area (Å²) < 4.78 is 32.5. The molecule has 0 amide bonds. The third-order valence-electron chi connectivity index (χ3n) is 5.08. The van der Waals surface area contributed by atoms with Gasteiger partial charge in [-0.3, -0.25) is 4.18 Å². The minimum absolute atomic E-state index is 0.195. The van der Waals surface area contributed by atoms with E-state index in [1.54, 1.807) is 24.3 Å². The van der Waals surface area contributed by atoms with Crippen LogP contribution in [0.4, 0.5) is 0 Å². The van der Waals surface area contributed by atoms with Gasteiger partial charge in [0, 0.05) is 4.47 Å². The number of benzene rings is 3. The topological polar surface area (TPSA) is 43.4 Å². The normalized spacial score (nSPS) is 12.6. The van der Waals surface area contributed by atoms with Gasteiger partial charge in [0.15, 0.2) is 0 Å². The van der Waals surface area contributed by atoms with Crippen LogP contribution in [0.1, 0.15) is 49.8 Å². The van der Waals surface area contributed by atoms with Gasteiger partial charge in [0.05, 0.1) is 4.90 Å². The molecule has 3 rings (SSSR count). The van der Waals surface area contributed by atoms with Crippen molar-refractivity contribution in [3.63, 3.8) is 0 Å². The van der Waals surface area contributed by atoms with Gasteiger partial charge in [-0.1, -0.05) is 96.2 Å². The van der Waals surface area contributed by atoms with E-state index < -0.39 is 16.2 Å². The van der Waals surface area contributed by atoms with Gasteiger partial charge in [-0.2, -0.15) is 8.42 Å². The zero-order chi connectivity index (χ0) is 21.6. The molecule has 1 unspecified atom stereocenters. The average molecular weight is 487 g/mol. The van der Waals surface area contributed by atoms with Gasteiger partial charge >= 0.3 is 0 Å². The number of unbranched alkanes of at least 4 members (excludes halogenated alkanes) is 2. The Hall–Kier alpha value is -1.95. The Balaban J connectivity index is 1.83. The predicted octanol–water partition coefficient (Wildman–Crippen LogP) is 7.45. The summed E-state index contributed by atoms with van der Waals surface area (Å²) in [6.07, 6.45) is 3.19. The summed E-state index contributed by atoms with van der Waals surface area (Å²) in [7, 11) is -3.83. The molecule has 0 saturated carbocycles. The Bertz CT molecular complexity index is 1040. The van der Waals surface area contributed by atoms with Crippen molar-refractivity contribution in [2.45, 2.75) is 50.5 Å². The smallest absolute Gasteiger partial charge is 0.258 e. The average Bonchev–Trinajstić information content (AvgIpc) is 2.74. The third kappa shape index (κ3) is 6.03. The van der Waals surface area contributed by atoms with Crippen molar-refractivity contribution >= 4 is 26.0 Å². The first-order valence-electron chi connectivity index (χ1n) is 10.2. The Morgan fingerprint density at radius 2 is 1.40 bits per heavy atom. The van der Waals surface area contributed by atoms with E-state index >= 15 is 0 Å². The monoisotopic (exact) mass is 486 g/mol. The van der Waals surface area contributed by atoms with E-state index in [4.69, 9.17) is 4.18 Å². The molecule has 0 radical (unpaired) electrons. The molecule has 0 saturated heterocycles. The lowest BCUT2D eigenvalue weighted by Crippen LogP contribution is -2.13. The second-order valence-corrected chi connectivity index (χ2v) is 9.96. The Labute approximate surface area is 188 Å². The van der Waals surface area contributed by atoms with Crippen LogP contribution in [0.2, 0.25) is 0 Å². The summed E-state index contributed by atoms with van der Waals surface area (Å²) in [5, 5.41) is 0. The summed E-state index contributed by atoms with van der Waals surface area (Å²) in [6, 6.07) is 22.9. The molecule has 0 aromatic heterocycles. The van der Waals surface area contributed by atoms with E-state index in [1.807, 2.05) is 43.3 Å². The van der Waals surface area contributed by atoms with E-state index in [2.05, 4.69) is 35.0 Å². The molecule has 158 valence electrons. The van der Waals surface area contributed by atoms with Crippen LogP contribution >= 0.6 is 15.9 Å². The molecule has 0 N–H and O–H groups in total. The van der Waals surface area contributed by atoms with Crippen molar-refractivity contribution in [2.75, 3.05) is 0 Å². The highest BCUT2D eigenvalue weighted by Gasteiger charge is 2.23. The molecular weight excluding hydrogens is 460 g/mol. The Kier molecular flexibility index (Phi) is 7.87. The molecule has 0 heterocycles. The minimum Gasteiger partial charge on any atom is -0.258 e. The number of halogens is 1. The molecule has 0 spiro atoms. The van der Waals surface area contributed by atoms with E-state index in [9.17, 15) is 8.42 Å². The summed E-state index contributed by atoms with van der Waals surface area (Å²) in [5.74, 6) is 0. The van der Waals surface area contributed by atoms with E-state index in [0.29, 0.717) is 6.42 Å². The molecule has 0 aliphatic heterocycles. The van der Waals surface area contributed by atoms with Crippen molar-refractivity contribution in [1.82, 2.24) is 0 Å².